The number of benzene rings is 2. The quantitative estimate of drug-likeness (QED) is 0.636. The Labute approximate surface area is 170 Å². The van der Waals surface area contributed by atoms with Crippen LogP contribution < -0.4 is 25.6 Å². The number of ether oxygens (including phenoxy) is 2. The van der Waals surface area contributed by atoms with Gasteiger partial charge in [0.05, 0.1) is 10.6 Å². The van der Waals surface area contributed by atoms with Gasteiger partial charge in [0.1, 0.15) is 12.4 Å². The van der Waals surface area contributed by atoms with E-state index in [1.165, 1.54) is 6.07 Å². The fraction of sp³-hybridized carbons (Fsp3) is 0.211. The Morgan fingerprint density at radius 2 is 1.86 bits per heavy atom. The summed E-state index contributed by atoms with van der Waals surface area (Å²) in [5, 5.41) is 2.46. The maximum atomic E-state index is 13.0. The first-order valence-corrected chi connectivity index (χ1v) is 9.02. The Balaban J connectivity index is 1.39. The summed E-state index contributed by atoms with van der Waals surface area (Å²) in [5.74, 6) is -1.23. The van der Waals surface area contributed by atoms with E-state index in [4.69, 9.17) is 21.1 Å². The molecule has 3 rings (SSSR count). The van der Waals surface area contributed by atoms with Crippen molar-refractivity contribution >= 4 is 29.3 Å². The van der Waals surface area contributed by atoms with Gasteiger partial charge in [-0.3, -0.25) is 25.2 Å². The summed E-state index contributed by atoms with van der Waals surface area (Å²) in [6, 6.07) is 10.3. The molecule has 29 heavy (non-hydrogen) atoms. The van der Waals surface area contributed by atoms with E-state index in [0.717, 1.165) is 12.1 Å². The molecule has 3 N–H and O–H groups in total. The lowest BCUT2D eigenvalue weighted by Gasteiger charge is -2.25. The highest BCUT2D eigenvalue weighted by molar-refractivity contribution is 6.33. The average Bonchev–Trinajstić information content (AvgIpc) is 2.71. The molecule has 152 valence electrons. The standard InChI is InChI=1S/C19H17ClFN3O5/c20-13-9-11(21)5-6-12(13)18(26)22-8-7-17(25)23-24-19(27)16-10-28-14-3-1-2-4-15(14)29-16/h1-6,9,16H,7-8,10H2,(H,22,26)(H,23,25)(H,24,27). The number of carbonyl (C=O) groups is 3. The summed E-state index contributed by atoms with van der Waals surface area (Å²) >= 11 is 5.81. The van der Waals surface area contributed by atoms with Crippen LogP contribution in [-0.4, -0.2) is 37.0 Å². The fourth-order valence-electron chi connectivity index (χ4n) is 2.48. The van der Waals surface area contributed by atoms with Crippen LogP contribution in [0, 0.1) is 5.82 Å². The van der Waals surface area contributed by atoms with Crippen molar-refractivity contribution < 1.29 is 28.2 Å². The Bertz CT molecular complexity index is 940. The minimum Gasteiger partial charge on any atom is -0.485 e. The zero-order valence-electron chi connectivity index (χ0n) is 15.0. The average molecular weight is 422 g/mol. The molecule has 10 heteroatoms. The number of hydrogen-bond acceptors (Lipinski definition) is 5. The molecule has 0 saturated heterocycles. The third kappa shape index (κ3) is 5.35. The summed E-state index contributed by atoms with van der Waals surface area (Å²) in [7, 11) is 0. The predicted octanol–water partition coefficient (Wildman–Crippen LogP) is 1.59. The van der Waals surface area contributed by atoms with E-state index in [2.05, 4.69) is 16.2 Å². The number of rotatable bonds is 5. The summed E-state index contributed by atoms with van der Waals surface area (Å²) in [4.78, 5) is 35.9. The summed E-state index contributed by atoms with van der Waals surface area (Å²) in [5.41, 5.74) is 4.58. The molecule has 3 amide bonds. The van der Waals surface area contributed by atoms with Gasteiger partial charge in [0.15, 0.2) is 11.5 Å². The lowest BCUT2D eigenvalue weighted by atomic mass is 10.2. The molecule has 1 heterocycles. The monoisotopic (exact) mass is 421 g/mol. The minimum absolute atomic E-state index is 0.00715. The van der Waals surface area contributed by atoms with E-state index in [9.17, 15) is 18.8 Å². The fourth-order valence-corrected chi connectivity index (χ4v) is 2.73. The zero-order valence-corrected chi connectivity index (χ0v) is 15.8. The number of hydrazine groups is 1. The van der Waals surface area contributed by atoms with E-state index >= 15 is 0 Å². The number of amides is 3. The number of nitrogens with one attached hydrogen (secondary N) is 3. The molecule has 0 aromatic heterocycles. The largest absolute Gasteiger partial charge is 0.485 e. The maximum absolute atomic E-state index is 13.0. The minimum atomic E-state index is -0.912. The van der Waals surface area contributed by atoms with Crippen LogP contribution >= 0.6 is 11.6 Å². The lowest BCUT2D eigenvalue weighted by molar-refractivity contribution is -0.135. The molecular formula is C19H17ClFN3O5. The molecule has 0 aliphatic carbocycles. The molecular weight excluding hydrogens is 405 g/mol. The molecule has 1 aliphatic rings. The Morgan fingerprint density at radius 3 is 2.62 bits per heavy atom. The second-order valence-electron chi connectivity index (χ2n) is 6.03. The van der Waals surface area contributed by atoms with E-state index in [1.807, 2.05) is 0 Å². The molecule has 0 fully saturated rings. The maximum Gasteiger partial charge on any atom is 0.283 e. The molecule has 0 saturated carbocycles. The number of para-hydroxylation sites is 2. The van der Waals surface area contributed by atoms with Crippen molar-refractivity contribution in [2.24, 2.45) is 0 Å². The highest BCUT2D eigenvalue weighted by atomic mass is 35.5. The SMILES string of the molecule is O=C(CCNC(=O)c1ccc(F)cc1Cl)NNC(=O)C1COc2ccccc2O1. The van der Waals surface area contributed by atoms with Crippen LogP contribution in [0.4, 0.5) is 4.39 Å². The first kappa shape index (κ1) is 20.4. The van der Waals surface area contributed by atoms with Crippen LogP contribution in [0.5, 0.6) is 11.5 Å². The molecule has 8 nitrogen and oxygen atoms in total. The molecule has 0 spiro atoms. The van der Waals surface area contributed by atoms with Gasteiger partial charge in [-0.1, -0.05) is 23.7 Å². The van der Waals surface area contributed by atoms with Gasteiger partial charge in [-0.2, -0.15) is 0 Å². The van der Waals surface area contributed by atoms with Crippen molar-refractivity contribution in [1.82, 2.24) is 16.2 Å². The Kier molecular flexibility index (Phi) is 6.50. The first-order valence-electron chi connectivity index (χ1n) is 8.64. The third-order valence-corrected chi connectivity index (χ3v) is 4.25. The van der Waals surface area contributed by atoms with Crippen LogP contribution in [0.2, 0.25) is 5.02 Å². The van der Waals surface area contributed by atoms with Crippen molar-refractivity contribution in [3.05, 3.63) is 58.9 Å². The van der Waals surface area contributed by atoms with Crippen LogP contribution in [0.25, 0.3) is 0 Å². The van der Waals surface area contributed by atoms with Gasteiger partial charge in [0.25, 0.3) is 11.8 Å². The number of halogens is 2. The topological polar surface area (TPSA) is 106 Å². The van der Waals surface area contributed by atoms with Gasteiger partial charge in [-0.25, -0.2) is 4.39 Å². The summed E-state index contributed by atoms with van der Waals surface area (Å²) in [6.07, 6.45) is -1.01. The summed E-state index contributed by atoms with van der Waals surface area (Å²) in [6.45, 7) is -0.00212. The lowest BCUT2D eigenvalue weighted by Crippen LogP contribution is -2.51. The molecule has 1 aliphatic heterocycles. The van der Waals surface area contributed by atoms with Crippen molar-refractivity contribution in [3.8, 4) is 11.5 Å². The number of carbonyl (C=O) groups excluding carboxylic acids is 3. The van der Waals surface area contributed by atoms with Crippen LogP contribution in [0.1, 0.15) is 16.8 Å². The van der Waals surface area contributed by atoms with Gasteiger partial charge >= 0.3 is 0 Å². The smallest absolute Gasteiger partial charge is 0.283 e. The summed E-state index contributed by atoms with van der Waals surface area (Å²) < 4.78 is 24.0. The molecule has 2 aromatic carbocycles. The first-order chi connectivity index (χ1) is 13.9. The Morgan fingerprint density at radius 1 is 1.10 bits per heavy atom. The van der Waals surface area contributed by atoms with Crippen LogP contribution in [0.15, 0.2) is 42.5 Å². The van der Waals surface area contributed by atoms with Crippen LogP contribution in [0.3, 0.4) is 0 Å². The zero-order chi connectivity index (χ0) is 20.8. The predicted molar refractivity (Wildman–Crippen MR) is 101 cm³/mol. The molecule has 2 aromatic rings. The van der Waals surface area contributed by atoms with Gasteiger partial charge in [-0.05, 0) is 30.3 Å². The molecule has 0 radical (unpaired) electrons. The second-order valence-corrected chi connectivity index (χ2v) is 6.44. The highest BCUT2D eigenvalue weighted by Crippen LogP contribution is 2.30. The molecule has 0 bridgehead atoms. The number of hydrogen-bond donors (Lipinski definition) is 3. The highest BCUT2D eigenvalue weighted by Gasteiger charge is 2.27. The Hall–Kier alpha value is -3.33. The van der Waals surface area contributed by atoms with E-state index in [0.29, 0.717) is 11.5 Å². The second kappa shape index (κ2) is 9.24. The van der Waals surface area contributed by atoms with Crippen molar-refractivity contribution in [2.75, 3.05) is 13.2 Å². The normalized spacial score (nSPS) is 14.6. The molecule has 1 atom stereocenters. The van der Waals surface area contributed by atoms with Crippen molar-refractivity contribution in [1.29, 1.82) is 0 Å². The van der Waals surface area contributed by atoms with Gasteiger partial charge in [0.2, 0.25) is 12.0 Å². The third-order valence-electron chi connectivity index (χ3n) is 3.94. The van der Waals surface area contributed by atoms with E-state index in [1.54, 1.807) is 24.3 Å². The van der Waals surface area contributed by atoms with Gasteiger partial charge in [-0.15, -0.1) is 0 Å². The molecule has 1 unspecified atom stereocenters. The van der Waals surface area contributed by atoms with E-state index in [-0.39, 0.29) is 30.2 Å². The van der Waals surface area contributed by atoms with Crippen molar-refractivity contribution in [2.45, 2.75) is 12.5 Å². The van der Waals surface area contributed by atoms with E-state index < -0.39 is 29.6 Å². The van der Waals surface area contributed by atoms with Gasteiger partial charge in [0, 0.05) is 13.0 Å². The van der Waals surface area contributed by atoms with Crippen molar-refractivity contribution in [3.63, 3.8) is 0 Å². The van der Waals surface area contributed by atoms with Crippen LogP contribution in [-0.2, 0) is 9.59 Å². The van der Waals surface area contributed by atoms with Gasteiger partial charge < -0.3 is 14.8 Å². The number of fused-ring (bicyclic) bond motifs is 1.